The van der Waals surface area contributed by atoms with Crippen LogP contribution >= 0.6 is 0 Å². The number of rotatable bonds is 5. The molecule has 2 rings (SSSR count). The summed E-state index contributed by atoms with van der Waals surface area (Å²) in [5, 5.41) is 22.6. The molecule has 20 heavy (non-hydrogen) atoms. The topological polar surface area (TPSA) is 126 Å². The molecule has 0 fully saturated rings. The summed E-state index contributed by atoms with van der Waals surface area (Å²) in [6.07, 6.45) is 1.34. The molecule has 1 amide bonds. The Morgan fingerprint density at radius 3 is 2.90 bits per heavy atom. The Balaban J connectivity index is 2.26. The Labute approximate surface area is 113 Å². The number of hydrogen-bond donors (Lipinski definition) is 3. The third kappa shape index (κ3) is 2.88. The molecule has 0 saturated heterocycles. The SMILES string of the molecule is CNC(=O)c1ccc([N+](=O)[O-])c(NCc2ncn[nH]2)c1. The van der Waals surface area contributed by atoms with Gasteiger partial charge in [0.2, 0.25) is 0 Å². The molecule has 9 heteroatoms. The second-order valence-electron chi connectivity index (χ2n) is 3.85. The minimum absolute atomic E-state index is 0.114. The summed E-state index contributed by atoms with van der Waals surface area (Å²) >= 11 is 0. The molecule has 0 bridgehead atoms. The first kappa shape index (κ1) is 13.5. The lowest BCUT2D eigenvalue weighted by molar-refractivity contribution is -0.384. The summed E-state index contributed by atoms with van der Waals surface area (Å²) in [5.41, 5.74) is 0.461. The first-order chi connectivity index (χ1) is 9.61. The van der Waals surface area contributed by atoms with Crippen molar-refractivity contribution < 1.29 is 9.72 Å². The second kappa shape index (κ2) is 5.78. The van der Waals surface area contributed by atoms with Crippen molar-refractivity contribution >= 4 is 17.3 Å². The Bertz CT molecular complexity index is 625. The van der Waals surface area contributed by atoms with Crippen LogP contribution in [0.25, 0.3) is 0 Å². The van der Waals surface area contributed by atoms with Crippen molar-refractivity contribution in [3.05, 3.63) is 46.0 Å². The average Bonchev–Trinajstić information content (AvgIpc) is 2.97. The monoisotopic (exact) mass is 276 g/mol. The Morgan fingerprint density at radius 1 is 1.50 bits per heavy atom. The highest BCUT2D eigenvalue weighted by molar-refractivity contribution is 5.95. The first-order valence-electron chi connectivity index (χ1n) is 5.70. The van der Waals surface area contributed by atoms with Gasteiger partial charge in [0.05, 0.1) is 11.5 Å². The Kier molecular flexibility index (Phi) is 3.89. The van der Waals surface area contributed by atoms with Crippen molar-refractivity contribution in [1.29, 1.82) is 0 Å². The van der Waals surface area contributed by atoms with Gasteiger partial charge in [-0.3, -0.25) is 20.0 Å². The Hall–Kier alpha value is -2.97. The molecule has 0 unspecified atom stereocenters. The van der Waals surface area contributed by atoms with E-state index >= 15 is 0 Å². The van der Waals surface area contributed by atoms with Crippen molar-refractivity contribution in [2.45, 2.75) is 6.54 Å². The van der Waals surface area contributed by atoms with Crippen molar-refractivity contribution in [2.24, 2.45) is 0 Å². The number of nitro benzene ring substituents is 1. The first-order valence-corrected chi connectivity index (χ1v) is 5.70. The van der Waals surface area contributed by atoms with Crippen LogP contribution < -0.4 is 10.6 Å². The number of nitrogens with zero attached hydrogens (tertiary/aromatic N) is 3. The number of carbonyl (C=O) groups is 1. The molecule has 0 saturated carbocycles. The van der Waals surface area contributed by atoms with Crippen LogP contribution in [0.5, 0.6) is 0 Å². The predicted octanol–water partition coefficient (Wildman–Crippen LogP) is 0.685. The maximum Gasteiger partial charge on any atom is 0.292 e. The van der Waals surface area contributed by atoms with E-state index in [0.717, 1.165) is 0 Å². The third-order valence-corrected chi connectivity index (χ3v) is 2.59. The number of H-pyrrole nitrogens is 1. The fraction of sp³-hybridized carbons (Fsp3) is 0.182. The number of carbonyl (C=O) groups excluding carboxylic acids is 1. The number of amides is 1. The van der Waals surface area contributed by atoms with Crippen molar-refractivity contribution in [2.75, 3.05) is 12.4 Å². The number of benzene rings is 1. The summed E-state index contributed by atoms with van der Waals surface area (Å²) in [6, 6.07) is 4.11. The minimum atomic E-state index is -0.518. The lowest BCUT2D eigenvalue weighted by Crippen LogP contribution is -2.18. The van der Waals surface area contributed by atoms with E-state index in [4.69, 9.17) is 0 Å². The van der Waals surface area contributed by atoms with Gasteiger partial charge in [0.15, 0.2) is 0 Å². The predicted molar refractivity (Wildman–Crippen MR) is 70.2 cm³/mol. The van der Waals surface area contributed by atoms with Crippen LogP contribution in [0.1, 0.15) is 16.2 Å². The molecular weight excluding hydrogens is 264 g/mol. The summed E-state index contributed by atoms with van der Waals surface area (Å²) in [7, 11) is 1.49. The van der Waals surface area contributed by atoms with E-state index < -0.39 is 4.92 Å². The van der Waals surface area contributed by atoms with Crippen molar-refractivity contribution in [3.63, 3.8) is 0 Å². The van der Waals surface area contributed by atoms with E-state index in [0.29, 0.717) is 11.4 Å². The summed E-state index contributed by atoms with van der Waals surface area (Å²) in [6.45, 7) is 0.234. The molecule has 0 spiro atoms. The summed E-state index contributed by atoms with van der Waals surface area (Å²) < 4.78 is 0. The number of hydrogen-bond acceptors (Lipinski definition) is 6. The standard InChI is InChI=1S/C11H12N6O3/c1-12-11(18)7-2-3-9(17(19)20)8(4-7)13-5-10-14-6-15-16-10/h2-4,6,13H,5H2,1H3,(H,12,18)(H,14,15,16). The highest BCUT2D eigenvalue weighted by Gasteiger charge is 2.16. The van der Waals surface area contributed by atoms with Gasteiger partial charge in [-0.2, -0.15) is 5.10 Å². The lowest BCUT2D eigenvalue weighted by atomic mass is 10.1. The van der Waals surface area contributed by atoms with Gasteiger partial charge in [0.25, 0.3) is 11.6 Å². The Morgan fingerprint density at radius 2 is 2.30 bits per heavy atom. The zero-order valence-electron chi connectivity index (χ0n) is 10.6. The molecular formula is C11H12N6O3. The van der Waals surface area contributed by atoms with Crippen LogP contribution in [0.3, 0.4) is 0 Å². The van der Waals surface area contributed by atoms with Crippen LogP contribution in [0.15, 0.2) is 24.5 Å². The second-order valence-corrected chi connectivity index (χ2v) is 3.85. The average molecular weight is 276 g/mol. The summed E-state index contributed by atoms with van der Waals surface area (Å²) in [4.78, 5) is 25.9. The van der Waals surface area contributed by atoms with Crippen LogP contribution in [0.4, 0.5) is 11.4 Å². The molecule has 0 aliphatic rings. The number of aromatic amines is 1. The zero-order valence-corrected chi connectivity index (χ0v) is 10.6. The smallest absolute Gasteiger partial charge is 0.292 e. The lowest BCUT2D eigenvalue weighted by Gasteiger charge is -2.07. The van der Waals surface area contributed by atoms with E-state index in [1.807, 2.05) is 0 Å². The summed E-state index contributed by atoms with van der Waals surface area (Å²) in [5.74, 6) is 0.215. The number of anilines is 1. The number of nitrogens with one attached hydrogen (secondary N) is 3. The largest absolute Gasteiger partial charge is 0.372 e. The van der Waals surface area contributed by atoms with Crippen LogP contribution in [-0.2, 0) is 6.54 Å². The molecule has 1 aromatic heterocycles. The molecule has 1 heterocycles. The van der Waals surface area contributed by atoms with Crippen LogP contribution in [0.2, 0.25) is 0 Å². The molecule has 0 aliphatic carbocycles. The van der Waals surface area contributed by atoms with Gasteiger partial charge >= 0.3 is 0 Å². The molecule has 9 nitrogen and oxygen atoms in total. The quantitative estimate of drug-likeness (QED) is 0.544. The van der Waals surface area contributed by atoms with Gasteiger partial charge in [-0.15, -0.1) is 0 Å². The van der Waals surface area contributed by atoms with E-state index in [9.17, 15) is 14.9 Å². The highest BCUT2D eigenvalue weighted by Crippen LogP contribution is 2.25. The van der Waals surface area contributed by atoms with Gasteiger partial charge in [-0.05, 0) is 12.1 Å². The van der Waals surface area contributed by atoms with Gasteiger partial charge < -0.3 is 10.6 Å². The minimum Gasteiger partial charge on any atom is -0.372 e. The third-order valence-electron chi connectivity index (χ3n) is 2.59. The van der Waals surface area contributed by atoms with Gasteiger partial charge in [-0.25, -0.2) is 4.98 Å². The maximum absolute atomic E-state index is 11.5. The molecule has 104 valence electrons. The van der Waals surface area contributed by atoms with Crippen LogP contribution in [0, 0.1) is 10.1 Å². The van der Waals surface area contributed by atoms with Gasteiger partial charge in [0.1, 0.15) is 17.8 Å². The van der Waals surface area contributed by atoms with E-state index in [-0.39, 0.29) is 23.8 Å². The number of nitro groups is 1. The van der Waals surface area contributed by atoms with E-state index in [1.54, 1.807) is 0 Å². The van der Waals surface area contributed by atoms with Crippen molar-refractivity contribution in [3.8, 4) is 0 Å². The molecule has 3 N–H and O–H groups in total. The van der Waals surface area contributed by atoms with E-state index in [1.165, 1.54) is 31.6 Å². The fourth-order valence-corrected chi connectivity index (χ4v) is 1.62. The molecule has 0 atom stereocenters. The highest BCUT2D eigenvalue weighted by atomic mass is 16.6. The zero-order chi connectivity index (χ0) is 14.5. The molecule has 0 radical (unpaired) electrons. The molecule has 1 aromatic carbocycles. The van der Waals surface area contributed by atoms with Crippen molar-refractivity contribution in [1.82, 2.24) is 20.5 Å². The van der Waals surface area contributed by atoms with Gasteiger partial charge in [-0.1, -0.05) is 0 Å². The maximum atomic E-state index is 11.5. The molecule has 2 aromatic rings. The van der Waals surface area contributed by atoms with Gasteiger partial charge in [0, 0.05) is 18.7 Å². The van der Waals surface area contributed by atoms with Crippen LogP contribution in [-0.4, -0.2) is 33.1 Å². The normalized spacial score (nSPS) is 10.1. The number of aromatic nitrogens is 3. The van der Waals surface area contributed by atoms with E-state index in [2.05, 4.69) is 25.8 Å². The fourth-order valence-electron chi connectivity index (χ4n) is 1.62. The molecule has 0 aliphatic heterocycles.